The first-order valence-corrected chi connectivity index (χ1v) is 7.54. The summed E-state index contributed by atoms with van der Waals surface area (Å²) < 4.78 is 97.8. The van der Waals surface area contributed by atoms with Gasteiger partial charge in [-0.1, -0.05) is 17.7 Å². The SMILES string of the molecule is COc1ccc(C)cc1CC(=O)Cc1c(F)c(F)c(C(F)(F)F)c(F)c1F. The van der Waals surface area contributed by atoms with Crippen molar-refractivity contribution in [2.24, 2.45) is 0 Å². The number of hydrogen-bond donors (Lipinski definition) is 0. The minimum absolute atomic E-state index is 0.305. The molecular weight excluding hydrogens is 381 g/mol. The summed E-state index contributed by atoms with van der Waals surface area (Å²) >= 11 is 0. The topological polar surface area (TPSA) is 26.3 Å². The van der Waals surface area contributed by atoms with Crippen LogP contribution in [0.3, 0.4) is 0 Å². The number of methoxy groups -OCH3 is 1. The van der Waals surface area contributed by atoms with E-state index in [4.69, 9.17) is 4.74 Å². The summed E-state index contributed by atoms with van der Waals surface area (Å²) in [4.78, 5) is 12.1. The molecule has 0 N–H and O–H groups in total. The molecular formula is C18H13F7O2. The number of carbonyl (C=O) groups is 1. The van der Waals surface area contributed by atoms with Gasteiger partial charge in [-0.25, -0.2) is 17.6 Å². The predicted molar refractivity (Wildman–Crippen MR) is 81.4 cm³/mol. The molecule has 0 amide bonds. The number of ketones is 1. The standard InChI is InChI=1S/C18H13F7O2/c1-8-3-4-12(27-2)9(5-8)6-10(26)7-11-14(19)16(21)13(18(23,24)25)17(22)15(11)20/h3-5H,6-7H2,1-2H3. The molecule has 0 aliphatic heterocycles. The Morgan fingerprint density at radius 1 is 0.963 bits per heavy atom. The van der Waals surface area contributed by atoms with Crippen molar-refractivity contribution in [2.45, 2.75) is 25.9 Å². The van der Waals surface area contributed by atoms with Crippen molar-refractivity contribution in [1.82, 2.24) is 0 Å². The van der Waals surface area contributed by atoms with Gasteiger partial charge in [-0.2, -0.15) is 13.2 Å². The first-order valence-electron chi connectivity index (χ1n) is 7.54. The van der Waals surface area contributed by atoms with Gasteiger partial charge in [0.1, 0.15) is 17.1 Å². The normalized spacial score (nSPS) is 11.6. The molecule has 0 radical (unpaired) electrons. The van der Waals surface area contributed by atoms with Crippen LogP contribution < -0.4 is 4.74 Å². The average Bonchev–Trinajstić information content (AvgIpc) is 2.56. The summed E-state index contributed by atoms with van der Waals surface area (Å²) in [6, 6.07) is 4.81. The van der Waals surface area contributed by atoms with Crippen LogP contribution in [0.15, 0.2) is 18.2 Å². The second kappa shape index (κ2) is 7.58. The molecule has 146 valence electrons. The zero-order chi connectivity index (χ0) is 20.5. The first kappa shape index (κ1) is 20.7. The minimum Gasteiger partial charge on any atom is -0.496 e. The van der Waals surface area contributed by atoms with Crippen LogP contribution in [-0.2, 0) is 23.8 Å². The Balaban J connectivity index is 2.38. The fourth-order valence-electron chi connectivity index (χ4n) is 2.60. The first-order chi connectivity index (χ1) is 12.5. The van der Waals surface area contributed by atoms with E-state index in [0.29, 0.717) is 11.3 Å². The minimum atomic E-state index is -5.63. The van der Waals surface area contributed by atoms with Gasteiger partial charge >= 0.3 is 6.18 Å². The third-order valence-corrected chi connectivity index (χ3v) is 3.84. The maximum absolute atomic E-state index is 13.9. The maximum atomic E-state index is 13.9. The molecule has 0 heterocycles. The van der Waals surface area contributed by atoms with E-state index in [-0.39, 0.29) is 0 Å². The van der Waals surface area contributed by atoms with Crippen LogP contribution in [0.25, 0.3) is 0 Å². The van der Waals surface area contributed by atoms with Crippen LogP contribution in [0.5, 0.6) is 5.75 Å². The van der Waals surface area contributed by atoms with E-state index in [1.165, 1.54) is 7.11 Å². The zero-order valence-electron chi connectivity index (χ0n) is 14.1. The molecule has 0 bridgehead atoms. The number of rotatable bonds is 5. The summed E-state index contributed by atoms with van der Waals surface area (Å²) in [5, 5.41) is 0. The number of ether oxygens (including phenoxy) is 1. The fourth-order valence-corrected chi connectivity index (χ4v) is 2.60. The third-order valence-electron chi connectivity index (χ3n) is 3.84. The van der Waals surface area contributed by atoms with Crippen molar-refractivity contribution in [3.63, 3.8) is 0 Å². The highest BCUT2D eigenvalue weighted by Gasteiger charge is 2.42. The van der Waals surface area contributed by atoms with Crippen LogP contribution in [0.1, 0.15) is 22.3 Å². The van der Waals surface area contributed by atoms with Gasteiger partial charge in [-0.15, -0.1) is 0 Å². The quantitative estimate of drug-likeness (QED) is 0.531. The fraction of sp³-hybridized carbons (Fsp3) is 0.278. The van der Waals surface area contributed by atoms with Gasteiger partial charge in [0.05, 0.1) is 7.11 Å². The lowest BCUT2D eigenvalue weighted by Crippen LogP contribution is -2.19. The van der Waals surface area contributed by atoms with Gasteiger partial charge in [0.25, 0.3) is 0 Å². The van der Waals surface area contributed by atoms with E-state index < -0.39 is 59.2 Å². The Kier molecular flexibility index (Phi) is 5.82. The van der Waals surface area contributed by atoms with Crippen LogP contribution in [-0.4, -0.2) is 12.9 Å². The van der Waals surface area contributed by atoms with E-state index >= 15 is 0 Å². The van der Waals surface area contributed by atoms with Crippen molar-refractivity contribution in [3.8, 4) is 5.75 Å². The van der Waals surface area contributed by atoms with E-state index in [1.807, 2.05) is 0 Å². The van der Waals surface area contributed by atoms with Crippen LogP contribution in [0, 0.1) is 30.2 Å². The molecule has 0 saturated heterocycles. The van der Waals surface area contributed by atoms with E-state index in [2.05, 4.69) is 0 Å². The Labute approximate surface area is 149 Å². The molecule has 2 aromatic rings. The van der Waals surface area contributed by atoms with Crippen LogP contribution >= 0.6 is 0 Å². The van der Waals surface area contributed by atoms with Crippen molar-refractivity contribution in [2.75, 3.05) is 7.11 Å². The lowest BCUT2D eigenvalue weighted by molar-refractivity contribution is -0.143. The third kappa shape index (κ3) is 4.23. The Hall–Kier alpha value is -2.58. The molecule has 2 nitrogen and oxygen atoms in total. The smallest absolute Gasteiger partial charge is 0.422 e. The van der Waals surface area contributed by atoms with E-state index in [1.54, 1.807) is 25.1 Å². The van der Waals surface area contributed by atoms with Crippen LogP contribution in [0.4, 0.5) is 30.7 Å². The highest BCUT2D eigenvalue weighted by Crippen LogP contribution is 2.37. The Bertz CT molecular complexity index is 859. The van der Waals surface area contributed by atoms with Gasteiger partial charge in [-0.3, -0.25) is 4.79 Å². The van der Waals surface area contributed by atoms with Crippen LogP contribution in [0.2, 0.25) is 0 Å². The molecule has 2 rings (SSSR count). The van der Waals surface area contributed by atoms with Gasteiger partial charge in [-0.05, 0) is 13.0 Å². The predicted octanol–water partition coefficient (Wildman–Crippen LogP) is 4.93. The highest BCUT2D eigenvalue weighted by atomic mass is 19.4. The van der Waals surface area contributed by atoms with Crippen molar-refractivity contribution in [3.05, 3.63) is 63.7 Å². The Morgan fingerprint density at radius 2 is 1.52 bits per heavy atom. The van der Waals surface area contributed by atoms with Gasteiger partial charge in [0.2, 0.25) is 0 Å². The molecule has 27 heavy (non-hydrogen) atoms. The largest absolute Gasteiger partial charge is 0.496 e. The highest BCUT2D eigenvalue weighted by molar-refractivity contribution is 5.84. The van der Waals surface area contributed by atoms with E-state index in [9.17, 15) is 35.5 Å². The van der Waals surface area contributed by atoms with Gasteiger partial charge < -0.3 is 4.74 Å². The van der Waals surface area contributed by atoms with Crippen molar-refractivity contribution < 1.29 is 40.3 Å². The molecule has 0 aliphatic carbocycles. The summed E-state index contributed by atoms with van der Waals surface area (Å²) in [5.74, 6) is -10.2. The maximum Gasteiger partial charge on any atom is 0.422 e. The molecule has 0 aromatic heterocycles. The molecule has 0 fully saturated rings. The lowest BCUT2D eigenvalue weighted by atomic mass is 9.98. The summed E-state index contributed by atoms with van der Waals surface area (Å²) in [7, 11) is 1.33. The number of benzene rings is 2. The molecule has 2 aromatic carbocycles. The zero-order valence-corrected chi connectivity index (χ0v) is 14.1. The second-order valence-corrected chi connectivity index (χ2v) is 5.81. The lowest BCUT2D eigenvalue weighted by Gasteiger charge is -2.14. The summed E-state index contributed by atoms with van der Waals surface area (Å²) in [6.07, 6.45) is -7.15. The molecule has 0 atom stereocenters. The van der Waals surface area contributed by atoms with Gasteiger partial charge in [0, 0.05) is 24.0 Å². The average molecular weight is 394 g/mol. The van der Waals surface area contributed by atoms with Crippen molar-refractivity contribution >= 4 is 5.78 Å². The van der Waals surface area contributed by atoms with Crippen molar-refractivity contribution in [1.29, 1.82) is 0 Å². The van der Waals surface area contributed by atoms with Gasteiger partial charge in [0.15, 0.2) is 23.3 Å². The summed E-state index contributed by atoms with van der Waals surface area (Å²) in [6.45, 7) is 1.72. The van der Waals surface area contributed by atoms with E-state index in [0.717, 1.165) is 5.56 Å². The number of alkyl halides is 3. The number of carbonyl (C=O) groups excluding carboxylic acids is 1. The molecule has 0 aliphatic rings. The molecule has 0 spiro atoms. The number of hydrogen-bond acceptors (Lipinski definition) is 2. The summed E-state index contributed by atoms with van der Waals surface area (Å²) in [5.41, 5.74) is -2.96. The number of Topliss-reactive ketones (excluding diaryl/α,β-unsaturated/α-hetero) is 1. The Morgan fingerprint density at radius 3 is 2.00 bits per heavy atom. The molecule has 0 saturated carbocycles. The number of aryl methyl sites for hydroxylation is 1. The monoisotopic (exact) mass is 394 g/mol. The second-order valence-electron chi connectivity index (χ2n) is 5.81. The molecule has 0 unspecified atom stereocenters. The number of halogens is 7. The molecule has 9 heteroatoms.